The number of carbonyl (C=O) groups is 2. The molecule has 0 atom stereocenters. The number of nitrogens with zero attached hydrogens (tertiary/aromatic N) is 1. The highest BCUT2D eigenvalue weighted by atomic mass is 79.9. The van der Waals surface area contributed by atoms with Crippen molar-refractivity contribution < 1.29 is 19.4 Å². The normalized spacial score (nSPS) is 10.6. The van der Waals surface area contributed by atoms with Crippen LogP contribution in [0.25, 0.3) is 0 Å². The monoisotopic (exact) mass is 439 g/mol. The molecular weight excluding hydrogens is 426 g/mol. The first-order chi connectivity index (χ1) is 12.3. The summed E-state index contributed by atoms with van der Waals surface area (Å²) >= 11 is 9.15. The Morgan fingerprint density at radius 3 is 2.65 bits per heavy atom. The third-order valence-corrected chi connectivity index (χ3v) is 4.30. The summed E-state index contributed by atoms with van der Waals surface area (Å²) in [5.74, 6) is -1.64. The molecule has 0 spiro atoms. The van der Waals surface area contributed by atoms with E-state index in [0.717, 1.165) is 5.56 Å². The number of methoxy groups -OCH3 is 1. The molecule has 2 aromatic carbocycles. The summed E-state index contributed by atoms with van der Waals surface area (Å²) < 4.78 is 5.41. The molecule has 9 heteroatoms. The van der Waals surface area contributed by atoms with E-state index in [1.807, 2.05) is 6.92 Å². The number of aromatic hydroxyl groups is 1. The first kappa shape index (κ1) is 19.7. The lowest BCUT2D eigenvalue weighted by Gasteiger charge is -2.07. The lowest BCUT2D eigenvalue weighted by atomic mass is 10.2. The number of amides is 2. The number of anilines is 1. The van der Waals surface area contributed by atoms with Crippen LogP contribution in [-0.2, 0) is 9.59 Å². The average molecular weight is 441 g/mol. The van der Waals surface area contributed by atoms with Crippen molar-refractivity contribution >= 4 is 51.2 Å². The van der Waals surface area contributed by atoms with Crippen LogP contribution in [0, 0.1) is 6.92 Å². The molecule has 3 N–H and O–H groups in total. The molecule has 0 heterocycles. The molecule has 26 heavy (non-hydrogen) atoms. The summed E-state index contributed by atoms with van der Waals surface area (Å²) in [7, 11) is 1.41. The van der Waals surface area contributed by atoms with Crippen LogP contribution in [0.5, 0.6) is 11.5 Å². The molecule has 0 radical (unpaired) electrons. The summed E-state index contributed by atoms with van der Waals surface area (Å²) in [6.07, 6.45) is 1.31. The van der Waals surface area contributed by atoms with E-state index in [4.69, 9.17) is 16.3 Å². The van der Waals surface area contributed by atoms with E-state index >= 15 is 0 Å². The van der Waals surface area contributed by atoms with Crippen LogP contribution < -0.4 is 15.5 Å². The van der Waals surface area contributed by atoms with Crippen LogP contribution in [0.3, 0.4) is 0 Å². The van der Waals surface area contributed by atoms with Gasteiger partial charge in [-0.2, -0.15) is 5.10 Å². The van der Waals surface area contributed by atoms with Crippen LogP contribution in [-0.4, -0.2) is 30.2 Å². The molecule has 136 valence electrons. The van der Waals surface area contributed by atoms with E-state index in [1.54, 1.807) is 24.3 Å². The molecule has 0 unspecified atom stereocenters. The SMILES string of the molecule is COc1cc(/C=N\NC(=O)C(=O)Nc2ccc(C)c(Cl)c2)cc(Br)c1O. The van der Waals surface area contributed by atoms with Gasteiger partial charge in [-0.3, -0.25) is 9.59 Å². The number of hydrazone groups is 1. The minimum atomic E-state index is -0.942. The van der Waals surface area contributed by atoms with Crippen molar-refractivity contribution in [2.75, 3.05) is 12.4 Å². The number of phenols is 1. The van der Waals surface area contributed by atoms with Gasteiger partial charge in [0.2, 0.25) is 0 Å². The molecule has 0 fully saturated rings. The van der Waals surface area contributed by atoms with Crippen molar-refractivity contribution in [2.24, 2.45) is 5.10 Å². The van der Waals surface area contributed by atoms with Crippen LogP contribution in [0.15, 0.2) is 39.9 Å². The molecule has 7 nitrogen and oxygen atoms in total. The quantitative estimate of drug-likeness (QED) is 0.386. The first-order valence-electron chi connectivity index (χ1n) is 7.29. The summed E-state index contributed by atoms with van der Waals surface area (Å²) in [5, 5.41) is 16.4. The Hall–Kier alpha value is -2.58. The van der Waals surface area contributed by atoms with Gasteiger partial charge in [-0.05, 0) is 58.2 Å². The van der Waals surface area contributed by atoms with E-state index in [-0.39, 0.29) is 11.5 Å². The number of carbonyl (C=O) groups excluding carboxylic acids is 2. The van der Waals surface area contributed by atoms with Gasteiger partial charge in [0.1, 0.15) is 0 Å². The maximum atomic E-state index is 11.8. The van der Waals surface area contributed by atoms with Crippen LogP contribution in [0.4, 0.5) is 5.69 Å². The lowest BCUT2D eigenvalue weighted by Crippen LogP contribution is -2.32. The van der Waals surface area contributed by atoms with Crippen molar-refractivity contribution in [3.63, 3.8) is 0 Å². The number of benzene rings is 2. The first-order valence-corrected chi connectivity index (χ1v) is 8.46. The van der Waals surface area contributed by atoms with E-state index in [9.17, 15) is 14.7 Å². The highest BCUT2D eigenvalue weighted by Crippen LogP contribution is 2.34. The fourth-order valence-corrected chi connectivity index (χ4v) is 2.54. The van der Waals surface area contributed by atoms with Gasteiger partial charge in [0, 0.05) is 10.7 Å². The molecule has 2 amide bonds. The third-order valence-electron chi connectivity index (χ3n) is 3.29. The number of nitrogens with one attached hydrogen (secondary N) is 2. The molecular formula is C17H15BrClN3O4. The fraction of sp³-hybridized carbons (Fsp3) is 0.118. The van der Waals surface area contributed by atoms with Gasteiger partial charge >= 0.3 is 11.8 Å². The number of rotatable bonds is 4. The second-order valence-electron chi connectivity index (χ2n) is 5.17. The highest BCUT2D eigenvalue weighted by Gasteiger charge is 2.13. The summed E-state index contributed by atoms with van der Waals surface area (Å²) in [5.41, 5.74) is 3.91. The largest absolute Gasteiger partial charge is 0.503 e. The number of phenolic OH excluding ortho intramolecular Hbond substituents is 1. The Kier molecular flexibility index (Phi) is 6.59. The molecule has 0 saturated heterocycles. The standard InChI is InChI=1S/C17H15BrClN3O4/c1-9-3-4-11(7-13(9)19)21-16(24)17(25)22-20-8-10-5-12(18)15(23)14(6-10)26-2/h3-8,23H,1-2H3,(H,21,24)(H,22,25)/b20-8-. The molecule has 0 saturated carbocycles. The highest BCUT2D eigenvalue weighted by molar-refractivity contribution is 9.10. The number of ether oxygens (including phenoxy) is 1. The Balaban J connectivity index is 1.99. The Labute approximate surface area is 163 Å². The zero-order chi connectivity index (χ0) is 19.3. The molecule has 0 bridgehead atoms. The maximum absolute atomic E-state index is 11.8. The second-order valence-corrected chi connectivity index (χ2v) is 6.43. The van der Waals surface area contributed by atoms with Crippen LogP contribution in [0.1, 0.15) is 11.1 Å². The summed E-state index contributed by atoms with van der Waals surface area (Å²) in [6.45, 7) is 1.83. The number of hydrogen-bond donors (Lipinski definition) is 3. The van der Waals surface area contributed by atoms with Gasteiger partial charge in [-0.15, -0.1) is 0 Å². The predicted octanol–water partition coefficient (Wildman–Crippen LogP) is 3.21. The van der Waals surface area contributed by atoms with Crippen molar-refractivity contribution in [3.8, 4) is 11.5 Å². The van der Waals surface area contributed by atoms with Crippen molar-refractivity contribution in [3.05, 3.63) is 51.0 Å². The van der Waals surface area contributed by atoms with Crippen molar-refractivity contribution in [1.29, 1.82) is 0 Å². The average Bonchev–Trinajstić information content (AvgIpc) is 2.60. The molecule has 2 aromatic rings. The van der Waals surface area contributed by atoms with Crippen LogP contribution in [0.2, 0.25) is 5.02 Å². The Morgan fingerprint density at radius 2 is 2.00 bits per heavy atom. The maximum Gasteiger partial charge on any atom is 0.329 e. The van der Waals surface area contributed by atoms with Gasteiger partial charge in [0.05, 0.1) is 17.8 Å². The number of halogens is 2. The molecule has 0 aliphatic carbocycles. The third kappa shape index (κ3) is 4.96. The molecule has 0 aliphatic rings. The molecule has 0 aromatic heterocycles. The van der Waals surface area contributed by atoms with Gasteiger partial charge < -0.3 is 15.2 Å². The zero-order valence-electron chi connectivity index (χ0n) is 13.8. The van der Waals surface area contributed by atoms with Gasteiger partial charge in [-0.25, -0.2) is 5.43 Å². The predicted molar refractivity (Wildman–Crippen MR) is 103 cm³/mol. The Bertz CT molecular complexity index is 887. The second kappa shape index (κ2) is 8.68. The zero-order valence-corrected chi connectivity index (χ0v) is 16.2. The minimum absolute atomic E-state index is 0.0511. The number of aryl methyl sites for hydroxylation is 1. The van der Waals surface area contributed by atoms with Crippen molar-refractivity contribution in [1.82, 2.24) is 5.43 Å². The summed E-state index contributed by atoms with van der Waals surface area (Å²) in [4.78, 5) is 23.6. The van der Waals surface area contributed by atoms with E-state index in [1.165, 1.54) is 19.4 Å². The smallest absolute Gasteiger partial charge is 0.329 e. The molecule has 0 aliphatic heterocycles. The van der Waals surface area contributed by atoms with E-state index in [0.29, 0.717) is 20.7 Å². The van der Waals surface area contributed by atoms with Gasteiger partial charge in [-0.1, -0.05) is 17.7 Å². The van der Waals surface area contributed by atoms with E-state index < -0.39 is 11.8 Å². The Morgan fingerprint density at radius 1 is 1.27 bits per heavy atom. The molecule has 2 rings (SSSR count). The van der Waals surface area contributed by atoms with Gasteiger partial charge in [0.15, 0.2) is 11.5 Å². The fourth-order valence-electron chi connectivity index (χ4n) is 1.90. The van der Waals surface area contributed by atoms with Gasteiger partial charge in [0.25, 0.3) is 0 Å². The van der Waals surface area contributed by atoms with Crippen molar-refractivity contribution in [2.45, 2.75) is 6.92 Å². The number of hydrogen-bond acceptors (Lipinski definition) is 5. The summed E-state index contributed by atoms with van der Waals surface area (Å²) in [6, 6.07) is 8.00. The minimum Gasteiger partial charge on any atom is -0.503 e. The van der Waals surface area contributed by atoms with Crippen LogP contribution >= 0.6 is 27.5 Å². The van der Waals surface area contributed by atoms with E-state index in [2.05, 4.69) is 31.8 Å². The topological polar surface area (TPSA) is 100 Å². The lowest BCUT2D eigenvalue weighted by molar-refractivity contribution is -0.136.